The van der Waals surface area contributed by atoms with E-state index in [4.69, 9.17) is 15.7 Å². The summed E-state index contributed by atoms with van der Waals surface area (Å²) in [7, 11) is 0. The van der Waals surface area contributed by atoms with Gasteiger partial charge >= 0.3 is 0 Å². The molecule has 0 unspecified atom stereocenters. The number of hydrazine groups is 1. The van der Waals surface area contributed by atoms with Crippen LogP contribution in [0.5, 0.6) is 0 Å². The topological polar surface area (TPSA) is 83.1 Å². The molecule has 0 aliphatic carbocycles. The predicted molar refractivity (Wildman–Crippen MR) is 68.2 cm³/mol. The molecule has 6 nitrogen and oxygen atoms in total. The van der Waals surface area contributed by atoms with Gasteiger partial charge in [-0.25, -0.2) is 5.01 Å². The molecule has 1 fully saturated rings. The zero-order valence-corrected chi connectivity index (χ0v) is 10.2. The van der Waals surface area contributed by atoms with Gasteiger partial charge in [0, 0.05) is 25.2 Å². The number of morpholine rings is 1. The molecule has 0 atom stereocenters. The van der Waals surface area contributed by atoms with Gasteiger partial charge in [0.05, 0.1) is 13.2 Å². The summed E-state index contributed by atoms with van der Waals surface area (Å²) >= 11 is 0. The number of benzene rings is 1. The van der Waals surface area contributed by atoms with E-state index in [1.54, 1.807) is 0 Å². The van der Waals surface area contributed by atoms with E-state index in [-0.39, 0.29) is 5.84 Å². The van der Waals surface area contributed by atoms with Gasteiger partial charge in [-0.15, -0.1) is 0 Å². The van der Waals surface area contributed by atoms with Gasteiger partial charge in [-0.1, -0.05) is 29.4 Å². The Balaban J connectivity index is 2.00. The van der Waals surface area contributed by atoms with Crippen LogP contribution in [0.25, 0.3) is 0 Å². The zero-order valence-electron chi connectivity index (χ0n) is 10.2. The first-order valence-electron chi connectivity index (χ1n) is 5.93. The molecule has 98 valence electrons. The number of nitrogens with zero attached hydrogens (tertiary/aromatic N) is 2. The Labute approximate surface area is 106 Å². The zero-order chi connectivity index (χ0) is 12.8. The third-order valence-corrected chi connectivity index (χ3v) is 2.91. The van der Waals surface area contributed by atoms with Crippen LogP contribution in [-0.4, -0.2) is 42.4 Å². The van der Waals surface area contributed by atoms with Gasteiger partial charge in [0.1, 0.15) is 0 Å². The number of rotatable bonds is 4. The van der Waals surface area contributed by atoms with Gasteiger partial charge in [-0.3, -0.25) is 5.43 Å². The third kappa shape index (κ3) is 3.19. The summed E-state index contributed by atoms with van der Waals surface area (Å²) in [5.41, 5.74) is 10.7. The summed E-state index contributed by atoms with van der Waals surface area (Å²) in [4.78, 5) is 0. The van der Waals surface area contributed by atoms with Crippen molar-refractivity contribution in [2.24, 2.45) is 10.9 Å². The minimum absolute atomic E-state index is 0.134. The maximum atomic E-state index is 8.75. The average Bonchev–Trinajstić information content (AvgIpc) is 2.45. The van der Waals surface area contributed by atoms with E-state index in [9.17, 15) is 0 Å². The van der Waals surface area contributed by atoms with Gasteiger partial charge < -0.3 is 15.7 Å². The lowest BCUT2D eigenvalue weighted by molar-refractivity contribution is 0.0105. The highest BCUT2D eigenvalue weighted by Crippen LogP contribution is 2.08. The van der Waals surface area contributed by atoms with Crippen LogP contribution in [0.1, 0.15) is 11.1 Å². The Bertz CT molecular complexity index is 416. The first kappa shape index (κ1) is 12.8. The van der Waals surface area contributed by atoms with Gasteiger partial charge in [0.25, 0.3) is 0 Å². The lowest BCUT2D eigenvalue weighted by Crippen LogP contribution is -2.45. The summed E-state index contributed by atoms with van der Waals surface area (Å²) in [6, 6.07) is 7.60. The highest BCUT2D eigenvalue weighted by molar-refractivity contribution is 5.98. The van der Waals surface area contributed by atoms with Crippen molar-refractivity contribution in [1.82, 2.24) is 10.4 Å². The first-order valence-corrected chi connectivity index (χ1v) is 5.93. The molecule has 0 radical (unpaired) electrons. The molecule has 0 bridgehead atoms. The van der Waals surface area contributed by atoms with Crippen LogP contribution in [0, 0.1) is 0 Å². The first-order chi connectivity index (χ1) is 8.81. The number of hydrogen-bond donors (Lipinski definition) is 3. The molecule has 1 heterocycles. The molecular formula is C12H18N4O2. The van der Waals surface area contributed by atoms with Gasteiger partial charge in [-0.2, -0.15) is 0 Å². The second-order valence-corrected chi connectivity index (χ2v) is 4.08. The third-order valence-electron chi connectivity index (χ3n) is 2.91. The molecule has 1 aromatic carbocycles. The average molecular weight is 250 g/mol. The van der Waals surface area contributed by atoms with Crippen molar-refractivity contribution in [2.75, 3.05) is 26.3 Å². The molecule has 0 amide bonds. The lowest BCUT2D eigenvalue weighted by Gasteiger charge is -2.27. The SMILES string of the molecule is N/C(=N/O)c1ccccc1CNN1CCOCC1. The number of amidine groups is 1. The molecule has 2 rings (SSSR count). The number of nitrogens with two attached hydrogens (primary N) is 1. The largest absolute Gasteiger partial charge is 0.409 e. The fraction of sp³-hybridized carbons (Fsp3) is 0.417. The van der Waals surface area contributed by atoms with Crippen LogP contribution >= 0.6 is 0 Å². The van der Waals surface area contributed by atoms with Gasteiger partial charge in [-0.05, 0) is 5.56 Å². The van der Waals surface area contributed by atoms with E-state index in [0.717, 1.165) is 37.4 Å². The molecular weight excluding hydrogens is 232 g/mol. The van der Waals surface area contributed by atoms with Crippen LogP contribution in [0.15, 0.2) is 29.4 Å². The molecule has 1 aliphatic rings. The van der Waals surface area contributed by atoms with Crippen molar-refractivity contribution in [2.45, 2.75) is 6.54 Å². The Hall–Kier alpha value is -1.63. The predicted octanol–water partition coefficient (Wildman–Crippen LogP) is 0.118. The van der Waals surface area contributed by atoms with E-state index in [2.05, 4.69) is 15.6 Å². The summed E-state index contributed by atoms with van der Waals surface area (Å²) in [6.45, 7) is 3.87. The quantitative estimate of drug-likeness (QED) is 0.306. The number of oxime groups is 1. The Morgan fingerprint density at radius 3 is 2.83 bits per heavy atom. The molecule has 0 spiro atoms. The van der Waals surface area contributed by atoms with E-state index in [1.165, 1.54) is 0 Å². The van der Waals surface area contributed by atoms with E-state index in [0.29, 0.717) is 6.54 Å². The normalized spacial score (nSPS) is 17.9. The second-order valence-electron chi connectivity index (χ2n) is 4.08. The highest BCUT2D eigenvalue weighted by Gasteiger charge is 2.11. The fourth-order valence-electron chi connectivity index (χ4n) is 1.90. The Kier molecular flexibility index (Phi) is 4.52. The maximum Gasteiger partial charge on any atom is 0.170 e. The molecule has 1 aromatic rings. The fourth-order valence-corrected chi connectivity index (χ4v) is 1.90. The van der Waals surface area contributed by atoms with Crippen LogP contribution in [-0.2, 0) is 11.3 Å². The second kappa shape index (κ2) is 6.34. The molecule has 0 aromatic heterocycles. The molecule has 1 saturated heterocycles. The summed E-state index contributed by atoms with van der Waals surface area (Å²) in [5, 5.41) is 13.9. The van der Waals surface area contributed by atoms with E-state index < -0.39 is 0 Å². The lowest BCUT2D eigenvalue weighted by atomic mass is 10.1. The monoisotopic (exact) mass is 250 g/mol. The molecule has 1 aliphatic heterocycles. The Morgan fingerprint density at radius 2 is 2.11 bits per heavy atom. The molecule has 18 heavy (non-hydrogen) atoms. The minimum Gasteiger partial charge on any atom is -0.409 e. The number of nitrogens with one attached hydrogen (secondary N) is 1. The van der Waals surface area contributed by atoms with Crippen molar-refractivity contribution < 1.29 is 9.94 Å². The summed E-state index contributed by atoms with van der Waals surface area (Å²) in [5.74, 6) is 0.134. The maximum absolute atomic E-state index is 8.75. The minimum atomic E-state index is 0.134. The van der Waals surface area contributed by atoms with E-state index >= 15 is 0 Å². The number of ether oxygens (including phenoxy) is 1. The van der Waals surface area contributed by atoms with Crippen molar-refractivity contribution in [3.63, 3.8) is 0 Å². The molecule has 6 heteroatoms. The van der Waals surface area contributed by atoms with Crippen LogP contribution in [0.3, 0.4) is 0 Å². The molecule has 0 saturated carbocycles. The van der Waals surface area contributed by atoms with Crippen molar-refractivity contribution in [3.8, 4) is 0 Å². The highest BCUT2D eigenvalue weighted by atomic mass is 16.5. The van der Waals surface area contributed by atoms with Crippen molar-refractivity contribution in [3.05, 3.63) is 35.4 Å². The van der Waals surface area contributed by atoms with Crippen LogP contribution in [0.2, 0.25) is 0 Å². The Morgan fingerprint density at radius 1 is 1.39 bits per heavy atom. The standard InChI is InChI=1S/C12H18N4O2/c13-12(15-17)11-4-2-1-3-10(11)9-14-16-5-7-18-8-6-16/h1-4,14,17H,5-9H2,(H2,13,15). The van der Waals surface area contributed by atoms with Gasteiger partial charge in [0.2, 0.25) is 0 Å². The molecule has 4 N–H and O–H groups in total. The van der Waals surface area contributed by atoms with Crippen LogP contribution < -0.4 is 11.2 Å². The summed E-state index contributed by atoms with van der Waals surface area (Å²) in [6.07, 6.45) is 0. The van der Waals surface area contributed by atoms with Crippen molar-refractivity contribution >= 4 is 5.84 Å². The smallest absolute Gasteiger partial charge is 0.170 e. The summed E-state index contributed by atoms with van der Waals surface area (Å²) < 4.78 is 5.28. The van der Waals surface area contributed by atoms with Gasteiger partial charge in [0.15, 0.2) is 5.84 Å². The number of hydrogen-bond acceptors (Lipinski definition) is 5. The van der Waals surface area contributed by atoms with Crippen molar-refractivity contribution in [1.29, 1.82) is 0 Å². The van der Waals surface area contributed by atoms with E-state index in [1.807, 2.05) is 24.3 Å². The van der Waals surface area contributed by atoms with Crippen LogP contribution in [0.4, 0.5) is 0 Å².